The van der Waals surface area contributed by atoms with Gasteiger partial charge in [-0.1, -0.05) is 79.5 Å². The fourth-order valence-electron chi connectivity index (χ4n) is 4.16. The second-order valence-corrected chi connectivity index (χ2v) is 14.2. The third-order valence-corrected chi connectivity index (χ3v) is 7.97. The Kier molecular flexibility index (Phi) is 12.0. The van der Waals surface area contributed by atoms with E-state index in [1.165, 1.54) is 18.2 Å². The van der Waals surface area contributed by atoms with Crippen molar-refractivity contribution in [2.24, 2.45) is 5.92 Å². The monoisotopic (exact) mass is 648 g/mol. The number of hydrogen-bond donors (Lipinski definition) is 2. The van der Waals surface area contributed by atoms with E-state index >= 15 is 0 Å². The van der Waals surface area contributed by atoms with Gasteiger partial charge in [0.15, 0.2) is 0 Å². The number of rotatable bonds is 13. The van der Waals surface area contributed by atoms with Crippen molar-refractivity contribution >= 4 is 45.1 Å². The molecule has 0 aliphatic rings. The van der Waals surface area contributed by atoms with Gasteiger partial charge in [-0.05, 0) is 74.6 Å². The molecule has 0 aromatic heterocycles. The van der Waals surface area contributed by atoms with Crippen molar-refractivity contribution in [2.75, 3.05) is 0 Å². The van der Waals surface area contributed by atoms with E-state index in [2.05, 4.69) is 10.0 Å². The molecule has 2 unspecified atom stereocenters. The molecule has 0 fully saturated rings. The van der Waals surface area contributed by atoms with Gasteiger partial charge < -0.3 is 14.8 Å². The summed E-state index contributed by atoms with van der Waals surface area (Å²) in [6, 6.07) is 18.6. The molecule has 3 aromatic rings. The minimum atomic E-state index is -4.18. The van der Waals surface area contributed by atoms with Gasteiger partial charge in [0.05, 0.1) is 4.90 Å². The normalized spacial score (nSPS) is 13.3. The van der Waals surface area contributed by atoms with Crippen LogP contribution in [0, 0.1) is 5.92 Å². The summed E-state index contributed by atoms with van der Waals surface area (Å²) in [5.74, 6) is -0.704. The Labute approximate surface area is 264 Å². The molecule has 0 heterocycles. The minimum absolute atomic E-state index is 0.0511. The molecule has 232 valence electrons. The van der Waals surface area contributed by atoms with E-state index in [0.29, 0.717) is 12.4 Å². The van der Waals surface area contributed by atoms with Crippen LogP contribution >= 0.6 is 23.2 Å². The standard InChI is InChI=1S/C32H38Cl2N2O6S/c1-21(2)15-28(36-43(39,40)27-18-24(33)17-25(34)19-27)30(37)35-29(31(38)42-32(3,4)5)16-22-11-13-26(14-12-22)41-20-23-9-7-6-8-10-23/h6-14,17-19,21,28-29,36H,15-16,20H2,1-5H3,(H,35,37). The predicted molar refractivity (Wildman–Crippen MR) is 169 cm³/mol. The summed E-state index contributed by atoms with van der Waals surface area (Å²) >= 11 is 12.0. The zero-order chi connectivity index (χ0) is 31.8. The van der Waals surface area contributed by atoms with Crippen LogP contribution in [0.2, 0.25) is 10.0 Å². The fraction of sp³-hybridized carbons (Fsp3) is 0.375. The number of amides is 1. The number of hydrogen-bond acceptors (Lipinski definition) is 6. The third-order valence-electron chi connectivity index (χ3n) is 6.09. The van der Waals surface area contributed by atoms with E-state index in [1.54, 1.807) is 45.0 Å². The van der Waals surface area contributed by atoms with Crippen LogP contribution in [-0.4, -0.2) is 38.0 Å². The third kappa shape index (κ3) is 11.5. The van der Waals surface area contributed by atoms with Crippen molar-refractivity contribution in [1.82, 2.24) is 10.0 Å². The van der Waals surface area contributed by atoms with Gasteiger partial charge in [-0.3, -0.25) is 4.79 Å². The Hall–Kier alpha value is -3.11. The van der Waals surface area contributed by atoms with E-state index in [0.717, 1.165) is 11.1 Å². The molecule has 0 aliphatic heterocycles. The van der Waals surface area contributed by atoms with Gasteiger partial charge in [0, 0.05) is 16.5 Å². The number of sulfonamides is 1. The van der Waals surface area contributed by atoms with Crippen LogP contribution in [0.4, 0.5) is 0 Å². The highest BCUT2D eigenvalue weighted by atomic mass is 35.5. The Morgan fingerprint density at radius 2 is 1.47 bits per heavy atom. The highest BCUT2D eigenvalue weighted by Crippen LogP contribution is 2.23. The average molecular weight is 650 g/mol. The quantitative estimate of drug-likeness (QED) is 0.209. The molecule has 0 aliphatic carbocycles. The van der Waals surface area contributed by atoms with Crippen LogP contribution < -0.4 is 14.8 Å². The Balaban J connectivity index is 1.79. The van der Waals surface area contributed by atoms with E-state index in [9.17, 15) is 18.0 Å². The van der Waals surface area contributed by atoms with Crippen molar-refractivity contribution in [3.05, 3.63) is 94.0 Å². The van der Waals surface area contributed by atoms with Crippen molar-refractivity contribution in [3.63, 3.8) is 0 Å². The van der Waals surface area contributed by atoms with Crippen LogP contribution in [0.5, 0.6) is 5.75 Å². The fourth-order valence-corrected chi connectivity index (χ4v) is 6.09. The Bertz CT molecular complexity index is 1470. The topological polar surface area (TPSA) is 111 Å². The molecule has 0 spiro atoms. The summed E-state index contributed by atoms with van der Waals surface area (Å²) in [7, 11) is -4.18. The molecular formula is C32H38Cl2N2O6S. The van der Waals surface area contributed by atoms with E-state index in [4.69, 9.17) is 32.7 Å². The number of esters is 1. The lowest BCUT2D eigenvalue weighted by Crippen LogP contribution is -2.53. The van der Waals surface area contributed by atoms with Gasteiger partial charge in [0.1, 0.15) is 30.0 Å². The lowest BCUT2D eigenvalue weighted by atomic mass is 10.0. The largest absolute Gasteiger partial charge is 0.489 e. The van der Waals surface area contributed by atoms with Crippen LogP contribution in [-0.2, 0) is 37.4 Å². The Morgan fingerprint density at radius 3 is 2.02 bits per heavy atom. The van der Waals surface area contributed by atoms with Gasteiger partial charge in [-0.15, -0.1) is 0 Å². The molecule has 8 nitrogen and oxygen atoms in total. The maximum Gasteiger partial charge on any atom is 0.329 e. The average Bonchev–Trinajstić information content (AvgIpc) is 2.90. The summed E-state index contributed by atoms with van der Waals surface area (Å²) in [6.45, 7) is 9.32. The molecule has 0 radical (unpaired) electrons. The molecule has 2 N–H and O–H groups in total. The highest BCUT2D eigenvalue weighted by molar-refractivity contribution is 7.89. The van der Waals surface area contributed by atoms with Crippen LogP contribution in [0.25, 0.3) is 0 Å². The van der Waals surface area contributed by atoms with Crippen LogP contribution in [0.1, 0.15) is 52.2 Å². The van der Waals surface area contributed by atoms with Crippen LogP contribution in [0.3, 0.4) is 0 Å². The molecule has 0 saturated carbocycles. The summed E-state index contributed by atoms with van der Waals surface area (Å²) in [4.78, 5) is 26.6. The molecule has 2 atom stereocenters. The van der Waals surface area contributed by atoms with Crippen molar-refractivity contribution in [1.29, 1.82) is 0 Å². The molecule has 0 saturated heterocycles. The lowest BCUT2D eigenvalue weighted by molar-refractivity contribution is -0.158. The first-order chi connectivity index (χ1) is 20.1. The molecular weight excluding hydrogens is 611 g/mol. The van der Waals surface area contributed by atoms with Crippen LogP contribution in [0.15, 0.2) is 77.7 Å². The molecule has 1 amide bonds. The predicted octanol–water partition coefficient (Wildman–Crippen LogP) is 6.33. The number of nitrogens with one attached hydrogen (secondary N) is 2. The first-order valence-electron chi connectivity index (χ1n) is 13.9. The molecule has 3 rings (SSSR count). The van der Waals surface area contributed by atoms with E-state index in [-0.39, 0.29) is 33.7 Å². The molecule has 43 heavy (non-hydrogen) atoms. The summed E-state index contributed by atoms with van der Waals surface area (Å²) < 4.78 is 40.3. The first kappa shape index (κ1) is 34.4. The number of carbonyl (C=O) groups is 2. The van der Waals surface area contributed by atoms with Crippen molar-refractivity contribution < 1.29 is 27.5 Å². The van der Waals surface area contributed by atoms with Crippen molar-refractivity contribution in [2.45, 2.75) is 76.6 Å². The molecule has 11 heteroatoms. The zero-order valence-electron chi connectivity index (χ0n) is 24.9. The van der Waals surface area contributed by atoms with Gasteiger partial charge >= 0.3 is 5.97 Å². The van der Waals surface area contributed by atoms with Gasteiger partial charge in [-0.25, -0.2) is 13.2 Å². The summed E-state index contributed by atoms with van der Waals surface area (Å²) in [5, 5.41) is 3.00. The van der Waals surface area contributed by atoms with E-state index in [1.807, 2.05) is 44.2 Å². The lowest BCUT2D eigenvalue weighted by Gasteiger charge is -2.27. The summed E-state index contributed by atoms with van der Waals surface area (Å²) in [5.41, 5.74) is 0.974. The SMILES string of the molecule is CC(C)CC(NS(=O)(=O)c1cc(Cl)cc(Cl)c1)C(=O)NC(Cc1ccc(OCc2ccccc2)cc1)C(=O)OC(C)(C)C. The molecule has 0 bridgehead atoms. The van der Waals surface area contributed by atoms with Gasteiger partial charge in [0.25, 0.3) is 0 Å². The number of ether oxygens (including phenoxy) is 2. The van der Waals surface area contributed by atoms with Gasteiger partial charge in [-0.2, -0.15) is 4.72 Å². The minimum Gasteiger partial charge on any atom is -0.489 e. The van der Waals surface area contributed by atoms with Crippen molar-refractivity contribution in [3.8, 4) is 5.75 Å². The van der Waals surface area contributed by atoms with E-state index < -0.39 is 39.6 Å². The number of carbonyl (C=O) groups excluding carboxylic acids is 2. The van der Waals surface area contributed by atoms with Gasteiger partial charge in [0.2, 0.25) is 15.9 Å². The highest BCUT2D eigenvalue weighted by Gasteiger charge is 2.32. The Morgan fingerprint density at radius 1 is 0.860 bits per heavy atom. The maximum atomic E-state index is 13.5. The second kappa shape index (κ2) is 15.1. The summed E-state index contributed by atoms with van der Waals surface area (Å²) in [6.07, 6.45) is 0.290. The zero-order valence-corrected chi connectivity index (χ0v) is 27.2. The number of halogens is 2. The smallest absolute Gasteiger partial charge is 0.329 e. The first-order valence-corrected chi connectivity index (χ1v) is 16.1. The molecule has 3 aromatic carbocycles. The maximum absolute atomic E-state index is 13.5. The second-order valence-electron chi connectivity index (χ2n) is 11.6. The number of benzene rings is 3.